The van der Waals surface area contributed by atoms with Crippen molar-refractivity contribution >= 4 is 11.7 Å². The van der Waals surface area contributed by atoms with Crippen molar-refractivity contribution in [1.29, 1.82) is 5.26 Å². The van der Waals surface area contributed by atoms with Crippen LogP contribution in [0.25, 0.3) is 0 Å². The standard InChI is InChI=1S/C20H12F4N4O/c21-17-6-5-14(7-16(17)20(22,23)24)18(29)15-10-27-19(28-11-15)26-9-13-3-1-12(8-25)2-4-13/h1-7,10-11H,9H2,(H,26,27,28). The van der Waals surface area contributed by atoms with E-state index in [1.165, 1.54) is 12.4 Å². The first-order valence-electron chi connectivity index (χ1n) is 8.24. The summed E-state index contributed by atoms with van der Waals surface area (Å²) < 4.78 is 51.8. The van der Waals surface area contributed by atoms with Gasteiger partial charge in [-0.25, -0.2) is 14.4 Å². The van der Waals surface area contributed by atoms with E-state index in [2.05, 4.69) is 15.3 Å². The molecule has 29 heavy (non-hydrogen) atoms. The largest absolute Gasteiger partial charge is 0.419 e. The van der Waals surface area contributed by atoms with Crippen LogP contribution in [0, 0.1) is 17.1 Å². The first-order valence-corrected chi connectivity index (χ1v) is 8.24. The molecule has 0 radical (unpaired) electrons. The molecule has 0 amide bonds. The number of carbonyl (C=O) groups is 1. The summed E-state index contributed by atoms with van der Waals surface area (Å²) in [5.41, 5.74) is -0.458. The van der Waals surface area contributed by atoms with E-state index in [0.29, 0.717) is 24.2 Å². The lowest BCUT2D eigenvalue weighted by Gasteiger charge is -2.10. The van der Waals surface area contributed by atoms with Gasteiger partial charge in [-0.05, 0) is 35.9 Å². The summed E-state index contributed by atoms with van der Waals surface area (Å²) >= 11 is 0. The minimum absolute atomic E-state index is 0.0337. The Kier molecular flexibility index (Phi) is 5.54. The lowest BCUT2D eigenvalue weighted by molar-refractivity contribution is -0.140. The van der Waals surface area contributed by atoms with Crippen molar-refractivity contribution in [2.24, 2.45) is 0 Å². The molecule has 146 valence electrons. The van der Waals surface area contributed by atoms with E-state index in [1.54, 1.807) is 24.3 Å². The number of carbonyl (C=O) groups excluding carboxylic acids is 1. The van der Waals surface area contributed by atoms with Gasteiger partial charge in [0.25, 0.3) is 0 Å². The summed E-state index contributed by atoms with van der Waals surface area (Å²) in [5.74, 6) is -2.00. The van der Waals surface area contributed by atoms with Gasteiger partial charge in [-0.15, -0.1) is 0 Å². The van der Waals surface area contributed by atoms with Gasteiger partial charge in [0.1, 0.15) is 5.82 Å². The summed E-state index contributed by atoms with van der Waals surface area (Å²) in [6.45, 7) is 0.367. The third-order valence-electron chi connectivity index (χ3n) is 3.98. The van der Waals surface area contributed by atoms with Crippen LogP contribution < -0.4 is 5.32 Å². The number of rotatable bonds is 5. The van der Waals surface area contributed by atoms with E-state index >= 15 is 0 Å². The molecular weight excluding hydrogens is 388 g/mol. The Hall–Kier alpha value is -3.80. The molecule has 0 spiro atoms. The number of benzene rings is 2. The van der Waals surface area contributed by atoms with Gasteiger partial charge in [0, 0.05) is 24.5 Å². The third kappa shape index (κ3) is 4.73. The highest BCUT2D eigenvalue weighted by atomic mass is 19.4. The lowest BCUT2D eigenvalue weighted by Crippen LogP contribution is -2.11. The van der Waals surface area contributed by atoms with Gasteiger partial charge in [-0.3, -0.25) is 4.79 Å². The van der Waals surface area contributed by atoms with Crippen molar-refractivity contribution in [2.75, 3.05) is 5.32 Å². The molecule has 1 N–H and O–H groups in total. The fourth-order valence-corrected chi connectivity index (χ4v) is 2.47. The van der Waals surface area contributed by atoms with Gasteiger partial charge >= 0.3 is 6.18 Å². The molecule has 0 aliphatic rings. The second-order valence-corrected chi connectivity index (χ2v) is 5.98. The molecule has 0 atom stereocenters. The number of aromatic nitrogens is 2. The number of nitrogens with zero attached hydrogens (tertiary/aromatic N) is 3. The van der Waals surface area contributed by atoms with Gasteiger partial charge < -0.3 is 5.32 Å². The Morgan fingerprint density at radius 2 is 1.69 bits per heavy atom. The number of hydrogen-bond acceptors (Lipinski definition) is 5. The van der Waals surface area contributed by atoms with Crippen molar-refractivity contribution in [3.63, 3.8) is 0 Å². The second kappa shape index (κ2) is 8.06. The molecule has 2 aromatic carbocycles. The molecule has 0 aliphatic heterocycles. The average Bonchev–Trinajstić information content (AvgIpc) is 2.72. The minimum Gasteiger partial charge on any atom is -0.350 e. The van der Waals surface area contributed by atoms with Gasteiger partial charge in [-0.2, -0.15) is 18.4 Å². The predicted octanol–water partition coefficient (Wildman–Crippen LogP) is 4.35. The van der Waals surface area contributed by atoms with E-state index in [-0.39, 0.29) is 17.1 Å². The molecule has 0 saturated carbocycles. The molecular formula is C20H12F4N4O. The SMILES string of the molecule is N#Cc1ccc(CNc2ncc(C(=O)c3ccc(F)c(C(F)(F)F)c3)cn2)cc1. The zero-order valence-electron chi connectivity index (χ0n) is 14.7. The van der Waals surface area contributed by atoms with E-state index in [0.717, 1.165) is 11.6 Å². The minimum atomic E-state index is -4.91. The molecule has 1 heterocycles. The van der Waals surface area contributed by atoms with Crippen LogP contribution in [-0.2, 0) is 12.7 Å². The molecule has 3 aromatic rings. The highest BCUT2D eigenvalue weighted by Gasteiger charge is 2.34. The van der Waals surface area contributed by atoms with Crippen LogP contribution in [0.5, 0.6) is 0 Å². The molecule has 0 fully saturated rings. The van der Waals surface area contributed by atoms with Crippen molar-refractivity contribution in [2.45, 2.75) is 12.7 Å². The van der Waals surface area contributed by atoms with E-state index in [9.17, 15) is 22.4 Å². The van der Waals surface area contributed by atoms with E-state index in [1.807, 2.05) is 6.07 Å². The first kappa shape index (κ1) is 19.9. The molecule has 3 rings (SSSR count). The normalized spacial score (nSPS) is 11.0. The molecule has 0 unspecified atom stereocenters. The molecule has 1 aromatic heterocycles. The highest BCUT2D eigenvalue weighted by Crippen LogP contribution is 2.32. The zero-order valence-corrected chi connectivity index (χ0v) is 14.7. The number of halogens is 4. The van der Waals surface area contributed by atoms with Crippen molar-refractivity contribution in [3.05, 3.63) is 88.5 Å². The quantitative estimate of drug-likeness (QED) is 0.509. The maximum Gasteiger partial charge on any atom is 0.419 e. The summed E-state index contributed by atoms with van der Waals surface area (Å²) in [6.07, 6.45) is -2.56. The van der Waals surface area contributed by atoms with Crippen molar-refractivity contribution in [3.8, 4) is 6.07 Å². The van der Waals surface area contributed by atoms with E-state index in [4.69, 9.17) is 5.26 Å². The summed E-state index contributed by atoms with van der Waals surface area (Å²) in [7, 11) is 0. The Balaban J connectivity index is 1.71. The van der Waals surface area contributed by atoms with Gasteiger partial charge in [0.15, 0.2) is 5.78 Å². The van der Waals surface area contributed by atoms with Crippen LogP contribution in [0.2, 0.25) is 0 Å². The van der Waals surface area contributed by atoms with Gasteiger partial charge in [-0.1, -0.05) is 12.1 Å². The van der Waals surface area contributed by atoms with E-state index < -0.39 is 23.3 Å². The first-order chi connectivity index (χ1) is 13.8. The Morgan fingerprint density at radius 3 is 2.28 bits per heavy atom. The van der Waals surface area contributed by atoms with Crippen LogP contribution in [0.15, 0.2) is 54.9 Å². The van der Waals surface area contributed by atoms with Gasteiger partial charge in [0.2, 0.25) is 5.95 Å². The topological polar surface area (TPSA) is 78.7 Å². The number of nitriles is 1. The number of alkyl halides is 3. The fourth-order valence-electron chi connectivity index (χ4n) is 2.47. The van der Waals surface area contributed by atoms with Crippen molar-refractivity contribution in [1.82, 2.24) is 9.97 Å². The predicted molar refractivity (Wildman–Crippen MR) is 95.4 cm³/mol. The summed E-state index contributed by atoms with van der Waals surface area (Å²) in [4.78, 5) is 20.3. The average molecular weight is 400 g/mol. The maximum absolute atomic E-state index is 13.4. The zero-order chi connectivity index (χ0) is 21.0. The van der Waals surface area contributed by atoms with Crippen LogP contribution in [0.4, 0.5) is 23.5 Å². The second-order valence-electron chi connectivity index (χ2n) is 5.98. The van der Waals surface area contributed by atoms with Crippen molar-refractivity contribution < 1.29 is 22.4 Å². The number of ketones is 1. The number of anilines is 1. The molecule has 0 bridgehead atoms. The molecule has 0 saturated heterocycles. The Labute approximate surface area is 162 Å². The Bertz CT molecular complexity index is 1070. The van der Waals surface area contributed by atoms with Crippen LogP contribution in [-0.4, -0.2) is 15.8 Å². The van der Waals surface area contributed by atoms with Crippen LogP contribution >= 0.6 is 0 Å². The maximum atomic E-state index is 13.4. The van der Waals surface area contributed by atoms with Crippen LogP contribution in [0.1, 0.15) is 32.6 Å². The molecule has 5 nitrogen and oxygen atoms in total. The molecule has 9 heteroatoms. The number of hydrogen-bond donors (Lipinski definition) is 1. The summed E-state index contributed by atoms with van der Waals surface area (Å²) in [5, 5.41) is 11.7. The third-order valence-corrected chi connectivity index (χ3v) is 3.98. The Morgan fingerprint density at radius 1 is 1.03 bits per heavy atom. The lowest BCUT2D eigenvalue weighted by atomic mass is 10.0. The highest BCUT2D eigenvalue weighted by molar-refractivity contribution is 6.08. The van der Waals surface area contributed by atoms with Gasteiger partial charge in [0.05, 0.1) is 22.8 Å². The fraction of sp³-hybridized carbons (Fsp3) is 0.100. The van der Waals surface area contributed by atoms with Crippen LogP contribution in [0.3, 0.4) is 0 Å². The number of nitrogens with one attached hydrogen (secondary N) is 1. The smallest absolute Gasteiger partial charge is 0.350 e. The summed E-state index contributed by atoms with van der Waals surface area (Å²) in [6, 6.07) is 10.9. The molecule has 0 aliphatic carbocycles. The monoisotopic (exact) mass is 400 g/mol.